The summed E-state index contributed by atoms with van der Waals surface area (Å²) in [4.78, 5) is 11.8. The summed E-state index contributed by atoms with van der Waals surface area (Å²) in [5.74, 6) is 0.100. The lowest BCUT2D eigenvalue weighted by Gasteiger charge is -2.08. The molecule has 18 heavy (non-hydrogen) atoms. The molecule has 98 valence electrons. The Labute approximate surface area is 107 Å². The Morgan fingerprint density at radius 2 is 2.28 bits per heavy atom. The van der Waals surface area contributed by atoms with E-state index < -0.39 is 14.4 Å². The van der Waals surface area contributed by atoms with E-state index in [9.17, 15) is 4.79 Å². The van der Waals surface area contributed by atoms with Crippen LogP contribution in [0, 0.1) is 11.3 Å². The minimum absolute atomic E-state index is 0.0475. The summed E-state index contributed by atoms with van der Waals surface area (Å²) in [6, 6.07) is 4.24. The van der Waals surface area contributed by atoms with Crippen molar-refractivity contribution in [3.05, 3.63) is 22.1 Å². The number of methoxy groups -OCH3 is 1. The summed E-state index contributed by atoms with van der Waals surface area (Å²) in [5, 5.41) is 12.7. The highest BCUT2D eigenvalue weighted by atomic mass is 28.3. The molecule has 0 radical (unpaired) electrons. The molecule has 0 saturated carbocycles. The molecule has 0 fully saturated rings. The second kappa shape index (κ2) is 6.93. The van der Waals surface area contributed by atoms with E-state index in [4.69, 9.17) is 14.7 Å². The minimum Gasteiger partial charge on any atom is -0.491 e. The SMILES string of the molecule is COc1cc(C#N)nn(COCC[SiH](C)C)c1=O. The normalized spacial score (nSPS) is 10.4. The van der Waals surface area contributed by atoms with E-state index >= 15 is 0 Å². The smallest absolute Gasteiger partial charge is 0.311 e. The van der Waals surface area contributed by atoms with Crippen LogP contribution in [-0.4, -0.2) is 32.3 Å². The van der Waals surface area contributed by atoms with Gasteiger partial charge in [-0.2, -0.15) is 15.0 Å². The molecule has 0 N–H and O–H groups in total. The molecular weight excluding hydrogens is 250 g/mol. The fourth-order valence-corrected chi connectivity index (χ4v) is 1.91. The third-order valence-corrected chi connectivity index (χ3v) is 3.72. The van der Waals surface area contributed by atoms with Crippen molar-refractivity contribution in [2.45, 2.75) is 25.9 Å². The van der Waals surface area contributed by atoms with Gasteiger partial charge in [-0.25, -0.2) is 0 Å². The predicted molar refractivity (Wildman–Crippen MR) is 69.4 cm³/mol. The Kier molecular flexibility index (Phi) is 5.55. The van der Waals surface area contributed by atoms with Crippen molar-refractivity contribution in [2.75, 3.05) is 13.7 Å². The van der Waals surface area contributed by atoms with Crippen LogP contribution in [0.2, 0.25) is 19.1 Å². The first kappa shape index (κ1) is 14.4. The van der Waals surface area contributed by atoms with E-state index in [1.165, 1.54) is 13.2 Å². The van der Waals surface area contributed by atoms with Gasteiger partial charge in [-0.1, -0.05) is 13.1 Å². The summed E-state index contributed by atoms with van der Waals surface area (Å²) >= 11 is 0. The molecule has 1 heterocycles. The monoisotopic (exact) mass is 267 g/mol. The molecule has 0 bridgehead atoms. The molecular formula is C11H17N3O3Si. The van der Waals surface area contributed by atoms with Crippen LogP contribution in [0.1, 0.15) is 5.69 Å². The van der Waals surface area contributed by atoms with Gasteiger partial charge in [0.25, 0.3) is 0 Å². The number of ether oxygens (including phenoxy) is 2. The van der Waals surface area contributed by atoms with Gasteiger partial charge in [0.05, 0.1) is 7.11 Å². The van der Waals surface area contributed by atoms with Crippen molar-refractivity contribution in [2.24, 2.45) is 0 Å². The number of nitriles is 1. The van der Waals surface area contributed by atoms with E-state index in [0.29, 0.717) is 6.61 Å². The molecule has 1 aromatic rings. The highest BCUT2D eigenvalue weighted by Gasteiger charge is 2.08. The third-order valence-electron chi connectivity index (χ3n) is 2.33. The molecule has 0 amide bonds. The van der Waals surface area contributed by atoms with Crippen LogP contribution < -0.4 is 10.3 Å². The van der Waals surface area contributed by atoms with Gasteiger partial charge in [0.2, 0.25) is 0 Å². The Bertz CT molecular complexity index is 493. The highest BCUT2D eigenvalue weighted by molar-refractivity contribution is 6.55. The zero-order valence-corrected chi connectivity index (χ0v) is 12.0. The minimum atomic E-state index is -0.650. The Morgan fingerprint density at radius 1 is 1.56 bits per heavy atom. The fourth-order valence-electron chi connectivity index (χ4n) is 1.28. The van der Waals surface area contributed by atoms with Crippen LogP contribution in [0.25, 0.3) is 0 Å². The van der Waals surface area contributed by atoms with Crippen LogP contribution in [0.3, 0.4) is 0 Å². The van der Waals surface area contributed by atoms with Crippen molar-refractivity contribution >= 4 is 8.80 Å². The summed E-state index contributed by atoms with van der Waals surface area (Å²) in [6.45, 7) is 5.11. The molecule has 0 aromatic carbocycles. The first-order valence-electron chi connectivity index (χ1n) is 5.72. The largest absolute Gasteiger partial charge is 0.491 e. The lowest BCUT2D eigenvalue weighted by atomic mass is 10.4. The maximum atomic E-state index is 11.8. The lowest BCUT2D eigenvalue weighted by Crippen LogP contribution is -2.26. The van der Waals surface area contributed by atoms with Crippen LogP contribution in [-0.2, 0) is 11.5 Å². The van der Waals surface area contributed by atoms with E-state index in [1.807, 2.05) is 6.07 Å². The molecule has 0 atom stereocenters. The second-order valence-corrected chi connectivity index (χ2v) is 7.60. The third kappa shape index (κ3) is 3.98. The molecule has 0 aliphatic heterocycles. The van der Waals surface area contributed by atoms with Gasteiger partial charge in [-0.3, -0.25) is 4.79 Å². The molecule has 0 unspecified atom stereocenters. The number of aromatic nitrogens is 2. The van der Waals surface area contributed by atoms with Crippen molar-refractivity contribution in [3.8, 4) is 11.8 Å². The molecule has 7 heteroatoms. The lowest BCUT2D eigenvalue weighted by molar-refractivity contribution is 0.0743. The summed E-state index contributed by atoms with van der Waals surface area (Å²) in [6.07, 6.45) is 0. The number of hydrogen-bond acceptors (Lipinski definition) is 5. The standard InChI is InChI=1S/C11H17N3O3Si/c1-16-10-6-9(7-12)13-14(11(10)15)8-17-4-5-18(2)3/h6,18H,4-5,8H2,1-3H3. The van der Waals surface area contributed by atoms with Crippen LogP contribution in [0.5, 0.6) is 5.75 Å². The maximum absolute atomic E-state index is 11.8. The number of rotatable bonds is 6. The summed E-state index contributed by atoms with van der Waals surface area (Å²) in [7, 11) is 0.732. The second-order valence-electron chi connectivity index (χ2n) is 4.23. The van der Waals surface area contributed by atoms with E-state index in [-0.39, 0.29) is 18.2 Å². The van der Waals surface area contributed by atoms with Gasteiger partial charge in [0, 0.05) is 21.5 Å². The molecule has 0 aliphatic rings. The van der Waals surface area contributed by atoms with Crippen LogP contribution in [0.15, 0.2) is 10.9 Å². The predicted octanol–water partition coefficient (Wildman–Crippen LogP) is 0.584. The van der Waals surface area contributed by atoms with Gasteiger partial charge < -0.3 is 9.47 Å². The van der Waals surface area contributed by atoms with Gasteiger partial charge >= 0.3 is 5.56 Å². The van der Waals surface area contributed by atoms with Crippen molar-refractivity contribution < 1.29 is 9.47 Å². The Hall–Kier alpha value is -1.65. The average molecular weight is 267 g/mol. The van der Waals surface area contributed by atoms with Crippen molar-refractivity contribution in [1.82, 2.24) is 9.78 Å². The molecule has 1 aromatic heterocycles. The molecule has 1 rings (SSSR count). The zero-order chi connectivity index (χ0) is 13.5. The highest BCUT2D eigenvalue weighted by Crippen LogP contribution is 2.03. The zero-order valence-electron chi connectivity index (χ0n) is 10.8. The number of nitrogens with zero attached hydrogens (tertiary/aromatic N) is 3. The number of hydrogen-bond donors (Lipinski definition) is 0. The van der Waals surface area contributed by atoms with E-state index in [1.54, 1.807) is 0 Å². The quantitative estimate of drug-likeness (QED) is 0.556. The molecule has 0 spiro atoms. The molecule has 6 nitrogen and oxygen atoms in total. The van der Waals surface area contributed by atoms with Gasteiger partial charge in [0.1, 0.15) is 12.8 Å². The topological polar surface area (TPSA) is 77.1 Å². The molecule has 0 saturated heterocycles. The summed E-state index contributed by atoms with van der Waals surface area (Å²) < 4.78 is 11.4. The van der Waals surface area contributed by atoms with E-state index in [2.05, 4.69) is 18.2 Å². The van der Waals surface area contributed by atoms with Gasteiger partial charge in [-0.15, -0.1) is 0 Å². The van der Waals surface area contributed by atoms with Crippen LogP contribution in [0.4, 0.5) is 0 Å². The first-order chi connectivity index (χ1) is 8.58. The van der Waals surface area contributed by atoms with E-state index in [0.717, 1.165) is 10.7 Å². The fraction of sp³-hybridized carbons (Fsp3) is 0.545. The Morgan fingerprint density at radius 3 is 2.83 bits per heavy atom. The van der Waals surface area contributed by atoms with Gasteiger partial charge in [-0.05, 0) is 6.04 Å². The maximum Gasteiger partial charge on any atom is 0.311 e. The summed E-state index contributed by atoms with van der Waals surface area (Å²) in [5.41, 5.74) is -0.258. The average Bonchev–Trinajstić information content (AvgIpc) is 2.36. The first-order valence-corrected chi connectivity index (χ1v) is 8.85. The molecule has 0 aliphatic carbocycles. The van der Waals surface area contributed by atoms with Crippen molar-refractivity contribution in [3.63, 3.8) is 0 Å². The van der Waals surface area contributed by atoms with Gasteiger partial charge in [0.15, 0.2) is 11.4 Å². The Balaban J connectivity index is 2.76. The van der Waals surface area contributed by atoms with Crippen molar-refractivity contribution in [1.29, 1.82) is 5.26 Å². The van der Waals surface area contributed by atoms with Crippen LogP contribution >= 0.6 is 0 Å².